The first kappa shape index (κ1) is 19.2. The molecule has 2 aliphatic heterocycles. The molecule has 3 unspecified atom stereocenters. The molecule has 3 atom stereocenters. The molecule has 1 aromatic carbocycles. The Hall–Kier alpha value is -2.83. The molecule has 0 saturated carbocycles. The van der Waals surface area contributed by atoms with Crippen LogP contribution < -0.4 is 0 Å². The summed E-state index contributed by atoms with van der Waals surface area (Å²) in [4.78, 5) is 2.71. The number of aliphatic hydroxyl groups is 1. The predicted octanol–water partition coefficient (Wildman–Crippen LogP) is 2.84. The maximum absolute atomic E-state index is 14.7. The molecule has 0 spiro atoms. The molecular formula is C18H12F4N4O3S. The lowest BCUT2D eigenvalue weighted by molar-refractivity contribution is -0.141. The highest BCUT2D eigenvalue weighted by molar-refractivity contribution is 7.89. The van der Waals surface area contributed by atoms with E-state index in [0.717, 1.165) is 10.4 Å². The number of aliphatic hydroxyl groups excluding tert-OH is 1. The lowest BCUT2D eigenvalue weighted by Crippen LogP contribution is -2.40. The number of aromatic nitrogens is 3. The van der Waals surface area contributed by atoms with E-state index in [-0.39, 0.29) is 22.4 Å². The molecule has 5 rings (SSSR count). The second-order valence-electron chi connectivity index (χ2n) is 6.99. The van der Waals surface area contributed by atoms with Crippen LogP contribution in [0, 0.1) is 5.82 Å². The number of alkyl halides is 3. The van der Waals surface area contributed by atoms with Gasteiger partial charge < -0.3 is 5.11 Å². The summed E-state index contributed by atoms with van der Waals surface area (Å²) >= 11 is 0. The van der Waals surface area contributed by atoms with Gasteiger partial charge in [-0.25, -0.2) is 12.8 Å². The number of aromatic amines is 1. The van der Waals surface area contributed by atoms with Crippen molar-refractivity contribution in [1.29, 1.82) is 0 Å². The second kappa shape index (κ2) is 6.09. The lowest BCUT2D eigenvalue weighted by atomic mass is 9.98. The van der Waals surface area contributed by atoms with Gasteiger partial charge in [0.2, 0.25) is 10.0 Å². The molecule has 0 radical (unpaired) electrons. The molecule has 0 fully saturated rings. The van der Waals surface area contributed by atoms with Gasteiger partial charge in [-0.1, -0.05) is 12.1 Å². The van der Waals surface area contributed by atoms with Gasteiger partial charge in [-0.2, -0.15) is 22.6 Å². The van der Waals surface area contributed by atoms with Gasteiger partial charge in [0.05, 0.1) is 24.0 Å². The van der Waals surface area contributed by atoms with Gasteiger partial charge in [0, 0.05) is 17.3 Å². The Morgan fingerprint density at radius 1 is 1.10 bits per heavy atom. The van der Waals surface area contributed by atoms with Crippen LogP contribution in [0.3, 0.4) is 0 Å². The summed E-state index contributed by atoms with van der Waals surface area (Å²) in [6.07, 6.45) is -4.20. The number of hydrogen-bond acceptors (Lipinski definition) is 5. The van der Waals surface area contributed by atoms with Crippen molar-refractivity contribution in [3.8, 4) is 0 Å². The van der Waals surface area contributed by atoms with Crippen molar-refractivity contribution in [2.24, 2.45) is 0 Å². The number of nitrogens with zero attached hydrogens (tertiary/aromatic N) is 3. The summed E-state index contributed by atoms with van der Waals surface area (Å²) in [7, 11) is -4.46. The van der Waals surface area contributed by atoms with Crippen LogP contribution in [0.2, 0.25) is 0 Å². The average Bonchev–Trinajstić information content (AvgIpc) is 3.28. The van der Waals surface area contributed by atoms with Gasteiger partial charge in [-0.05, 0) is 23.8 Å². The van der Waals surface area contributed by atoms with Gasteiger partial charge in [0.25, 0.3) is 0 Å². The molecule has 12 heteroatoms. The van der Waals surface area contributed by atoms with Gasteiger partial charge in [0.1, 0.15) is 22.5 Å². The monoisotopic (exact) mass is 440 g/mol. The van der Waals surface area contributed by atoms with Gasteiger partial charge in [-0.3, -0.25) is 10.1 Å². The highest BCUT2D eigenvalue weighted by Crippen LogP contribution is 2.58. The van der Waals surface area contributed by atoms with Gasteiger partial charge >= 0.3 is 6.18 Å². The molecule has 7 nitrogen and oxygen atoms in total. The predicted molar refractivity (Wildman–Crippen MR) is 92.8 cm³/mol. The lowest BCUT2D eigenvalue weighted by Gasteiger charge is -2.36. The molecule has 156 valence electrons. The number of fused-ring (bicyclic) bond motifs is 7. The fourth-order valence-corrected chi connectivity index (χ4v) is 5.85. The van der Waals surface area contributed by atoms with Crippen molar-refractivity contribution < 1.29 is 31.1 Å². The minimum Gasteiger partial charge on any atom is -0.385 e. The minimum absolute atomic E-state index is 0.0742. The smallest absolute Gasteiger partial charge is 0.385 e. The van der Waals surface area contributed by atoms with Crippen LogP contribution in [0.25, 0.3) is 0 Å². The Morgan fingerprint density at radius 2 is 1.87 bits per heavy atom. The molecule has 0 saturated heterocycles. The molecular weight excluding hydrogens is 428 g/mol. The second-order valence-corrected chi connectivity index (χ2v) is 8.83. The zero-order chi connectivity index (χ0) is 21.4. The first-order chi connectivity index (χ1) is 14.1. The molecule has 2 bridgehead atoms. The van der Waals surface area contributed by atoms with E-state index < -0.39 is 50.8 Å². The summed E-state index contributed by atoms with van der Waals surface area (Å²) < 4.78 is 80.9. The maximum Gasteiger partial charge on any atom is 0.433 e. The minimum atomic E-state index is -4.73. The van der Waals surface area contributed by atoms with Crippen molar-refractivity contribution in [1.82, 2.24) is 19.5 Å². The molecule has 30 heavy (non-hydrogen) atoms. The van der Waals surface area contributed by atoms with Crippen LogP contribution in [0.5, 0.6) is 0 Å². The Kier molecular flexibility index (Phi) is 3.89. The van der Waals surface area contributed by atoms with Gasteiger partial charge in [-0.15, -0.1) is 0 Å². The van der Waals surface area contributed by atoms with Crippen molar-refractivity contribution in [2.75, 3.05) is 0 Å². The molecule has 2 N–H and O–H groups in total. The highest BCUT2D eigenvalue weighted by Gasteiger charge is 2.55. The Morgan fingerprint density at radius 3 is 2.53 bits per heavy atom. The molecule has 3 aromatic rings. The summed E-state index contributed by atoms with van der Waals surface area (Å²) in [6.45, 7) is 0. The Labute approximate surface area is 167 Å². The summed E-state index contributed by atoms with van der Waals surface area (Å²) in [5.74, 6) is -0.660. The quantitative estimate of drug-likeness (QED) is 0.597. The van der Waals surface area contributed by atoms with E-state index in [0.29, 0.717) is 12.3 Å². The number of sulfonamides is 1. The molecule has 4 heterocycles. The first-order valence-electron chi connectivity index (χ1n) is 8.68. The normalized spacial score (nSPS) is 23.3. The number of H-pyrrole nitrogens is 1. The number of rotatable bonds is 2. The van der Waals surface area contributed by atoms with Crippen molar-refractivity contribution in [3.63, 3.8) is 0 Å². The van der Waals surface area contributed by atoms with E-state index in [9.17, 15) is 31.1 Å². The topological polar surface area (TPSA) is 99.2 Å². The third-order valence-corrected chi connectivity index (χ3v) is 7.23. The van der Waals surface area contributed by atoms with Crippen LogP contribution in [0.15, 0.2) is 47.6 Å². The van der Waals surface area contributed by atoms with Crippen molar-refractivity contribution in [3.05, 3.63) is 76.6 Å². The molecule has 2 aliphatic rings. The summed E-state index contributed by atoms with van der Waals surface area (Å²) in [5, 5.41) is 17.3. The molecule has 2 aromatic heterocycles. The average molecular weight is 440 g/mol. The van der Waals surface area contributed by atoms with Crippen LogP contribution in [-0.4, -0.2) is 33.0 Å². The number of nitrogens with one attached hydrogen (secondary N) is 1. The van der Waals surface area contributed by atoms with E-state index in [1.165, 1.54) is 24.4 Å². The maximum atomic E-state index is 14.7. The third-order valence-electron chi connectivity index (χ3n) is 5.40. The zero-order valence-electron chi connectivity index (χ0n) is 14.8. The third kappa shape index (κ3) is 2.47. The number of halogens is 4. The zero-order valence-corrected chi connectivity index (χ0v) is 15.6. The molecule has 0 aliphatic carbocycles. The number of benzene rings is 1. The van der Waals surface area contributed by atoms with E-state index in [4.69, 9.17) is 0 Å². The Balaban J connectivity index is 1.69. The Bertz CT molecular complexity index is 1260. The van der Waals surface area contributed by atoms with Gasteiger partial charge in [0.15, 0.2) is 0 Å². The highest BCUT2D eigenvalue weighted by atomic mass is 32.2. The van der Waals surface area contributed by atoms with Crippen LogP contribution in [0.1, 0.15) is 46.3 Å². The SMILES string of the molecule is O=S(=O)(c1ccc(C(F)(F)F)nc1)N1C2c3cn[nH]c3C(O)C1c1cccc(F)c12. The number of pyridine rings is 1. The standard InChI is InChI=1S/C18H12F4N4O3S/c19-11-3-1-2-9-13(11)15-10-7-24-25-14(10)17(27)16(9)26(15)30(28,29)8-4-5-12(23-6-8)18(20,21)22/h1-7,15-17,27H,(H,24,25). The van der Waals surface area contributed by atoms with E-state index in [1.54, 1.807) is 0 Å². The fourth-order valence-electron chi connectivity index (χ4n) is 4.16. The first-order valence-corrected chi connectivity index (χ1v) is 10.1. The van der Waals surface area contributed by atoms with Crippen LogP contribution in [-0.2, 0) is 16.2 Å². The van der Waals surface area contributed by atoms with E-state index in [2.05, 4.69) is 15.2 Å². The van der Waals surface area contributed by atoms with E-state index in [1.807, 2.05) is 0 Å². The number of hydrogen-bond donors (Lipinski definition) is 2. The van der Waals surface area contributed by atoms with Crippen molar-refractivity contribution >= 4 is 10.0 Å². The summed E-state index contributed by atoms with van der Waals surface area (Å²) in [6, 6.07) is 3.14. The molecule has 0 amide bonds. The largest absolute Gasteiger partial charge is 0.433 e. The van der Waals surface area contributed by atoms with Crippen LogP contribution >= 0.6 is 0 Å². The summed E-state index contributed by atoms with van der Waals surface area (Å²) in [5.41, 5.74) is -0.358. The van der Waals surface area contributed by atoms with E-state index >= 15 is 0 Å². The van der Waals surface area contributed by atoms with Crippen LogP contribution in [0.4, 0.5) is 17.6 Å². The van der Waals surface area contributed by atoms with Crippen molar-refractivity contribution in [2.45, 2.75) is 29.3 Å². The fraction of sp³-hybridized carbons (Fsp3) is 0.222.